The molecule has 3 rings (SSSR count). The third-order valence-corrected chi connectivity index (χ3v) is 7.10. The van der Waals surface area contributed by atoms with Crippen LogP contribution in [-0.2, 0) is 20.2 Å². The summed E-state index contributed by atoms with van der Waals surface area (Å²) in [5, 5.41) is 15.2. The summed E-state index contributed by atoms with van der Waals surface area (Å²) in [6.07, 6.45) is 0. The predicted molar refractivity (Wildman–Crippen MR) is 135 cm³/mol. The van der Waals surface area contributed by atoms with E-state index in [2.05, 4.69) is 15.6 Å². The van der Waals surface area contributed by atoms with E-state index in [1.165, 1.54) is 7.11 Å². The lowest BCUT2D eigenvalue weighted by molar-refractivity contribution is 0.0694. The highest BCUT2D eigenvalue weighted by Crippen LogP contribution is 2.28. The minimum Gasteiger partial charge on any atom is -0.495 e. The Morgan fingerprint density at radius 2 is 1.44 bits per heavy atom. The molecule has 0 saturated carbocycles. The number of aromatic carboxylic acids is 1. The fourth-order valence-electron chi connectivity index (χ4n) is 3.25. The molecule has 0 radical (unpaired) electrons. The molecule has 15 nitrogen and oxygen atoms in total. The van der Waals surface area contributed by atoms with Crippen LogP contribution < -0.4 is 37.2 Å². The molecule has 3 aromatic carbocycles. The van der Waals surface area contributed by atoms with Gasteiger partial charge in [-0.05, 0) is 55.3 Å². The van der Waals surface area contributed by atoms with Gasteiger partial charge in [-0.1, -0.05) is 0 Å². The van der Waals surface area contributed by atoms with Crippen molar-refractivity contribution in [3.8, 4) is 5.75 Å². The zero-order valence-corrected chi connectivity index (χ0v) is 21.9. The summed E-state index contributed by atoms with van der Waals surface area (Å²) in [4.78, 5) is 35.6. The van der Waals surface area contributed by atoms with Crippen molar-refractivity contribution in [3.63, 3.8) is 0 Å². The van der Waals surface area contributed by atoms with E-state index in [9.17, 15) is 45.4 Å². The van der Waals surface area contributed by atoms with E-state index in [1.807, 2.05) is 12.3 Å². The van der Waals surface area contributed by atoms with Crippen LogP contribution in [0.2, 0.25) is 0 Å². The van der Waals surface area contributed by atoms with Crippen LogP contribution >= 0.6 is 0 Å². The molecule has 0 bridgehead atoms. The van der Waals surface area contributed by atoms with Gasteiger partial charge in [0.1, 0.15) is 16.0 Å². The highest BCUT2D eigenvalue weighted by atomic mass is 32.2. The molecule has 206 valence electrons. The second kappa shape index (κ2) is 10.7. The van der Waals surface area contributed by atoms with Gasteiger partial charge < -0.3 is 9.84 Å². The lowest BCUT2D eigenvalue weighted by atomic mass is 10.1. The quantitative estimate of drug-likeness (QED) is 0.174. The number of rotatable bonds is 8. The number of hydrogen-bond acceptors (Lipinski definition) is 12. The maximum absolute atomic E-state index is 13.1. The van der Waals surface area contributed by atoms with Gasteiger partial charge in [-0.15, -0.1) is 0 Å². The van der Waals surface area contributed by atoms with Gasteiger partial charge >= 0.3 is 5.97 Å². The van der Waals surface area contributed by atoms with E-state index >= 15 is 0 Å². The van der Waals surface area contributed by atoms with Crippen LogP contribution in [0, 0.1) is 13.8 Å². The van der Waals surface area contributed by atoms with Crippen LogP contribution in [0.4, 0.5) is 11.4 Å². The SMILES string of the molecule is COc1cc(C)c(C)cc1NN=c1c(C(=O)O)cc(=O)c(=NNc2cc(S(=O)(=O)O)ccc2S(=O)(=O)O)c1=O. The van der Waals surface area contributed by atoms with E-state index in [-0.39, 0.29) is 5.69 Å². The Labute approximate surface area is 219 Å². The van der Waals surface area contributed by atoms with Gasteiger partial charge in [0.05, 0.1) is 28.9 Å². The topological polar surface area (TPSA) is 238 Å². The lowest BCUT2D eigenvalue weighted by Crippen LogP contribution is -2.50. The van der Waals surface area contributed by atoms with Crippen molar-refractivity contribution < 1.29 is 40.6 Å². The number of carboxylic acid groups (broad SMARTS) is 1. The maximum atomic E-state index is 13.1. The third-order valence-electron chi connectivity index (χ3n) is 5.34. The zero-order valence-electron chi connectivity index (χ0n) is 20.3. The van der Waals surface area contributed by atoms with Crippen LogP contribution in [0.5, 0.6) is 5.75 Å². The molecule has 39 heavy (non-hydrogen) atoms. The number of ether oxygens (including phenoxy) is 1. The van der Waals surface area contributed by atoms with Crippen LogP contribution in [0.15, 0.2) is 66.0 Å². The first-order valence-electron chi connectivity index (χ1n) is 10.5. The summed E-state index contributed by atoms with van der Waals surface area (Å²) >= 11 is 0. The first-order chi connectivity index (χ1) is 18.0. The maximum Gasteiger partial charge on any atom is 0.338 e. The molecule has 0 fully saturated rings. The summed E-state index contributed by atoms with van der Waals surface area (Å²) in [6, 6.07) is 5.72. The molecule has 0 spiro atoms. The minimum atomic E-state index is -4.97. The largest absolute Gasteiger partial charge is 0.495 e. The molecule has 17 heteroatoms. The summed E-state index contributed by atoms with van der Waals surface area (Å²) in [5.41, 5.74) is 2.47. The van der Waals surface area contributed by atoms with Crippen LogP contribution in [-0.4, -0.2) is 44.1 Å². The van der Waals surface area contributed by atoms with E-state index in [0.29, 0.717) is 30.0 Å². The Kier molecular flexibility index (Phi) is 8.01. The van der Waals surface area contributed by atoms with Gasteiger partial charge in [0.25, 0.3) is 20.2 Å². The van der Waals surface area contributed by atoms with Crippen molar-refractivity contribution in [3.05, 3.63) is 84.2 Å². The average Bonchev–Trinajstić information content (AvgIpc) is 2.83. The number of carboxylic acids is 1. The van der Waals surface area contributed by atoms with Gasteiger partial charge in [0.15, 0.2) is 5.36 Å². The summed E-state index contributed by atoms with van der Waals surface area (Å²) < 4.78 is 70.2. The first-order valence-corrected chi connectivity index (χ1v) is 13.4. The Balaban J connectivity index is 2.25. The Bertz CT molecular complexity index is 1940. The van der Waals surface area contributed by atoms with Gasteiger partial charge in [-0.3, -0.25) is 29.5 Å². The smallest absolute Gasteiger partial charge is 0.338 e. The van der Waals surface area contributed by atoms with Gasteiger partial charge in [0.2, 0.25) is 10.9 Å². The Morgan fingerprint density at radius 1 is 0.846 bits per heavy atom. The number of aryl methyl sites for hydroxylation is 2. The monoisotopic (exact) mass is 580 g/mol. The second-order valence-electron chi connectivity index (χ2n) is 7.95. The number of nitrogens with one attached hydrogen (secondary N) is 2. The normalized spacial score (nSPS) is 12.8. The molecule has 0 heterocycles. The Hall–Kier alpha value is -4.45. The molecule has 0 aromatic heterocycles. The summed E-state index contributed by atoms with van der Waals surface area (Å²) in [5.74, 6) is -1.35. The van der Waals surface area contributed by atoms with Crippen molar-refractivity contribution >= 4 is 37.6 Å². The number of hydrogen-bond donors (Lipinski definition) is 5. The minimum absolute atomic E-state index is 0.263. The fraction of sp³-hybridized carbons (Fsp3) is 0.136. The third kappa shape index (κ3) is 6.34. The lowest BCUT2D eigenvalue weighted by Gasteiger charge is -2.11. The van der Waals surface area contributed by atoms with Crippen LogP contribution in [0.1, 0.15) is 21.5 Å². The molecule has 0 saturated heterocycles. The van der Waals surface area contributed by atoms with Crippen molar-refractivity contribution in [2.45, 2.75) is 23.6 Å². The number of benzene rings is 3. The molecule has 0 atom stereocenters. The molecule has 3 aromatic rings. The molecule has 0 amide bonds. The molecule has 0 aliphatic carbocycles. The van der Waals surface area contributed by atoms with E-state index in [0.717, 1.165) is 11.1 Å². The summed E-state index contributed by atoms with van der Waals surface area (Å²) in [6.45, 7) is 3.61. The Morgan fingerprint density at radius 3 is 2.00 bits per heavy atom. The average molecular weight is 581 g/mol. The molecular formula is C22H20N4O11S2. The van der Waals surface area contributed by atoms with Crippen molar-refractivity contribution in [1.29, 1.82) is 0 Å². The van der Waals surface area contributed by atoms with Gasteiger partial charge in [0, 0.05) is 6.07 Å². The standard InChI is InChI=1S/C22H20N4O11S2/c1-10-6-14(17(37-3)7-11(10)2)23-25-19-13(22(29)30)9-16(27)20(21(19)28)26-24-15-8-12(38(31,32)33)4-5-18(15)39(34,35)36/h4-9,23-24H,1-3H3,(H,29,30)(H,31,32,33)(H,34,35,36). The predicted octanol–water partition coefficient (Wildman–Crippen LogP) is -0.0448. The van der Waals surface area contributed by atoms with Crippen molar-refractivity contribution in [2.24, 2.45) is 10.2 Å². The number of nitrogens with zero attached hydrogens (tertiary/aromatic N) is 2. The summed E-state index contributed by atoms with van der Waals surface area (Å²) in [7, 11) is -8.43. The molecular weight excluding hydrogens is 560 g/mol. The molecule has 0 aliphatic rings. The number of carbonyl (C=O) groups is 1. The molecule has 0 unspecified atom stereocenters. The number of anilines is 2. The van der Waals surface area contributed by atoms with Crippen molar-refractivity contribution in [1.82, 2.24) is 0 Å². The second-order valence-corrected chi connectivity index (χ2v) is 10.8. The highest BCUT2D eigenvalue weighted by Gasteiger charge is 2.20. The van der Waals surface area contributed by atoms with Gasteiger partial charge in [-0.25, -0.2) is 4.79 Å². The van der Waals surface area contributed by atoms with E-state index in [1.54, 1.807) is 19.1 Å². The molecule has 0 aliphatic heterocycles. The number of methoxy groups -OCH3 is 1. The van der Waals surface area contributed by atoms with Gasteiger partial charge in [-0.2, -0.15) is 27.0 Å². The van der Waals surface area contributed by atoms with E-state index < -0.39 is 68.8 Å². The zero-order chi connectivity index (χ0) is 29.3. The fourth-order valence-corrected chi connectivity index (χ4v) is 4.38. The van der Waals surface area contributed by atoms with Crippen LogP contribution in [0.25, 0.3) is 0 Å². The highest BCUT2D eigenvalue weighted by molar-refractivity contribution is 7.86. The first kappa shape index (κ1) is 29.1. The van der Waals surface area contributed by atoms with Crippen LogP contribution in [0.3, 0.4) is 0 Å². The van der Waals surface area contributed by atoms with E-state index in [4.69, 9.17) is 4.74 Å². The molecule has 5 N–H and O–H groups in total. The van der Waals surface area contributed by atoms with Crippen molar-refractivity contribution in [2.75, 3.05) is 18.0 Å².